The lowest BCUT2D eigenvalue weighted by molar-refractivity contribution is 0.571. The van der Waals surface area contributed by atoms with Crippen LogP contribution in [0.25, 0.3) is 0 Å². The van der Waals surface area contributed by atoms with Crippen molar-refractivity contribution in [1.82, 2.24) is 0 Å². The van der Waals surface area contributed by atoms with Crippen molar-refractivity contribution in [2.45, 2.75) is 25.1 Å². The summed E-state index contributed by atoms with van der Waals surface area (Å²) in [6.45, 7) is 3.62. The van der Waals surface area contributed by atoms with E-state index >= 15 is 0 Å². The molecule has 4 heteroatoms. The fourth-order valence-corrected chi connectivity index (χ4v) is 2.02. The summed E-state index contributed by atoms with van der Waals surface area (Å²) < 4.78 is 22.7. The molecule has 0 spiro atoms. The van der Waals surface area contributed by atoms with Gasteiger partial charge in [0.2, 0.25) is 0 Å². The number of hydrogen-bond acceptors (Lipinski definition) is 3. The third-order valence-corrected chi connectivity index (χ3v) is 4.29. The standard InChI is InChI=1S/C11H17NO2S/c1-8-4-6-10(7-5-8)11(12)9(2)15(3,13)14/h4-7,9,11H,12H2,1-3H3/t9-,11-/m1/s1. The maximum absolute atomic E-state index is 11.3. The van der Waals surface area contributed by atoms with Crippen molar-refractivity contribution in [3.05, 3.63) is 35.4 Å². The molecule has 0 bridgehead atoms. The Balaban J connectivity index is 2.95. The second-order valence-electron chi connectivity index (χ2n) is 3.97. The van der Waals surface area contributed by atoms with Crippen molar-refractivity contribution in [1.29, 1.82) is 0 Å². The fourth-order valence-electron chi connectivity index (χ4n) is 1.33. The summed E-state index contributed by atoms with van der Waals surface area (Å²) in [5.41, 5.74) is 7.89. The molecule has 0 aliphatic carbocycles. The van der Waals surface area contributed by atoms with E-state index in [0.29, 0.717) is 0 Å². The van der Waals surface area contributed by atoms with Gasteiger partial charge in [-0.2, -0.15) is 0 Å². The number of hydrogen-bond donors (Lipinski definition) is 1. The molecular formula is C11H17NO2S. The normalized spacial score (nSPS) is 16.0. The summed E-state index contributed by atoms with van der Waals surface area (Å²) in [4.78, 5) is 0. The Morgan fingerprint density at radius 1 is 1.20 bits per heavy atom. The van der Waals surface area contributed by atoms with Gasteiger partial charge in [-0.05, 0) is 19.4 Å². The minimum atomic E-state index is -3.09. The van der Waals surface area contributed by atoms with Crippen LogP contribution < -0.4 is 5.73 Å². The molecule has 1 aromatic carbocycles. The van der Waals surface area contributed by atoms with E-state index in [2.05, 4.69) is 0 Å². The first-order chi connectivity index (χ1) is 6.82. The van der Waals surface area contributed by atoms with E-state index in [9.17, 15) is 8.42 Å². The predicted molar refractivity (Wildman–Crippen MR) is 62.4 cm³/mol. The van der Waals surface area contributed by atoms with E-state index < -0.39 is 21.1 Å². The van der Waals surface area contributed by atoms with Crippen LogP contribution in [0.5, 0.6) is 0 Å². The molecule has 15 heavy (non-hydrogen) atoms. The molecular weight excluding hydrogens is 210 g/mol. The van der Waals surface area contributed by atoms with Crippen LogP contribution in [-0.2, 0) is 9.84 Å². The van der Waals surface area contributed by atoms with Crippen LogP contribution in [0.3, 0.4) is 0 Å². The van der Waals surface area contributed by atoms with Crippen LogP contribution in [0, 0.1) is 6.92 Å². The number of nitrogens with two attached hydrogens (primary N) is 1. The first-order valence-corrected chi connectivity index (χ1v) is 6.79. The topological polar surface area (TPSA) is 60.2 Å². The van der Waals surface area contributed by atoms with Gasteiger partial charge in [0.25, 0.3) is 0 Å². The second kappa shape index (κ2) is 4.33. The quantitative estimate of drug-likeness (QED) is 0.849. The highest BCUT2D eigenvalue weighted by molar-refractivity contribution is 7.91. The Morgan fingerprint density at radius 2 is 1.67 bits per heavy atom. The molecule has 0 heterocycles. The monoisotopic (exact) mass is 227 g/mol. The maximum atomic E-state index is 11.3. The van der Waals surface area contributed by atoms with Crippen molar-refractivity contribution in [3.8, 4) is 0 Å². The Morgan fingerprint density at radius 3 is 2.07 bits per heavy atom. The van der Waals surface area contributed by atoms with Gasteiger partial charge in [0.1, 0.15) is 0 Å². The van der Waals surface area contributed by atoms with Crippen LogP contribution >= 0.6 is 0 Å². The summed E-state index contributed by atoms with van der Waals surface area (Å²) in [5.74, 6) is 0. The smallest absolute Gasteiger partial charge is 0.151 e. The summed E-state index contributed by atoms with van der Waals surface area (Å²) in [7, 11) is -3.09. The number of benzene rings is 1. The van der Waals surface area contributed by atoms with Crippen molar-refractivity contribution in [3.63, 3.8) is 0 Å². The van der Waals surface area contributed by atoms with Crippen LogP contribution in [0.4, 0.5) is 0 Å². The average Bonchev–Trinajstić information content (AvgIpc) is 2.15. The SMILES string of the molecule is Cc1ccc([C@H](N)[C@@H](C)S(C)(=O)=O)cc1. The van der Waals surface area contributed by atoms with Gasteiger partial charge in [-0.3, -0.25) is 0 Å². The second-order valence-corrected chi connectivity index (χ2v) is 6.37. The van der Waals surface area contributed by atoms with E-state index in [0.717, 1.165) is 11.1 Å². The van der Waals surface area contributed by atoms with Crippen LogP contribution in [0.1, 0.15) is 24.1 Å². The summed E-state index contributed by atoms with van der Waals surface area (Å²) >= 11 is 0. The van der Waals surface area contributed by atoms with Crippen molar-refractivity contribution in [2.24, 2.45) is 5.73 Å². The van der Waals surface area contributed by atoms with Crippen molar-refractivity contribution >= 4 is 9.84 Å². The van der Waals surface area contributed by atoms with Gasteiger partial charge in [-0.15, -0.1) is 0 Å². The molecule has 1 rings (SSSR count). The number of aryl methyl sites for hydroxylation is 1. The molecule has 0 amide bonds. The fraction of sp³-hybridized carbons (Fsp3) is 0.455. The van der Waals surface area contributed by atoms with Gasteiger partial charge in [0, 0.05) is 12.3 Å². The molecule has 0 aliphatic heterocycles. The number of rotatable bonds is 3. The molecule has 2 N–H and O–H groups in total. The molecule has 0 aliphatic rings. The maximum Gasteiger partial charge on any atom is 0.151 e. The Kier molecular flexibility index (Phi) is 3.52. The van der Waals surface area contributed by atoms with Gasteiger partial charge in [0.05, 0.1) is 5.25 Å². The summed E-state index contributed by atoms with van der Waals surface area (Å²) in [5, 5.41) is -0.555. The van der Waals surface area contributed by atoms with Crippen LogP contribution in [-0.4, -0.2) is 19.9 Å². The molecule has 0 aromatic heterocycles. The van der Waals surface area contributed by atoms with Crippen LogP contribution in [0.2, 0.25) is 0 Å². The Bertz CT molecular complexity index is 422. The minimum Gasteiger partial charge on any atom is -0.323 e. The van der Waals surface area contributed by atoms with E-state index in [1.54, 1.807) is 6.92 Å². The largest absolute Gasteiger partial charge is 0.323 e. The average molecular weight is 227 g/mol. The third-order valence-electron chi connectivity index (χ3n) is 2.64. The third kappa shape index (κ3) is 3.04. The lowest BCUT2D eigenvalue weighted by Crippen LogP contribution is -2.30. The molecule has 1 aromatic rings. The first kappa shape index (κ1) is 12.2. The van der Waals surface area contributed by atoms with E-state index in [1.165, 1.54) is 6.26 Å². The van der Waals surface area contributed by atoms with Gasteiger partial charge in [-0.1, -0.05) is 29.8 Å². The molecule has 0 unspecified atom stereocenters. The highest BCUT2D eigenvalue weighted by Crippen LogP contribution is 2.19. The lowest BCUT2D eigenvalue weighted by Gasteiger charge is -2.18. The van der Waals surface area contributed by atoms with Gasteiger partial charge < -0.3 is 5.73 Å². The van der Waals surface area contributed by atoms with Crippen molar-refractivity contribution < 1.29 is 8.42 Å². The minimum absolute atomic E-state index is 0.458. The zero-order chi connectivity index (χ0) is 11.6. The molecule has 0 saturated heterocycles. The molecule has 0 fully saturated rings. The predicted octanol–water partition coefficient (Wildman–Crippen LogP) is 1.43. The molecule has 84 valence electrons. The van der Waals surface area contributed by atoms with E-state index in [-0.39, 0.29) is 0 Å². The molecule has 0 radical (unpaired) electrons. The van der Waals surface area contributed by atoms with Crippen molar-refractivity contribution in [2.75, 3.05) is 6.26 Å². The molecule has 3 nitrogen and oxygen atoms in total. The van der Waals surface area contributed by atoms with E-state index in [1.807, 2.05) is 31.2 Å². The molecule has 2 atom stereocenters. The number of sulfone groups is 1. The summed E-state index contributed by atoms with van der Waals surface area (Å²) in [6.07, 6.45) is 1.21. The lowest BCUT2D eigenvalue weighted by atomic mass is 10.0. The zero-order valence-electron chi connectivity index (χ0n) is 9.27. The molecule has 0 saturated carbocycles. The zero-order valence-corrected chi connectivity index (χ0v) is 10.1. The van der Waals surface area contributed by atoms with Gasteiger partial charge >= 0.3 is 0 Å². The van der Waals surface area contributed by atoms with Gasteiger partial charge in [-0.25, -0.2) is 8.42 Å². The highest BCUT2D eigenvalue weighted by Gasteiger charge is 2.23. The van der Waals surface area contributed by atoms with E-state index in [4.69, 9.17) is 5.73 Å². The Labute approximate surface area is 91.2 Å². The van der Waals surface area contributed by atoms with Gasteiger partial charge in [0.15, 0.2) is 9.84 Å². The highest BCUT2D eigenvalue weighted by atomic mass is 32.2. The van der Waals surface area contributed by atoms with Crippen LogP contribution in [0.15, 0.2) is 24.3 Å². The summed E-state index contributed by atoms with van der Waals surface area (Å²) in [6, 6.07) is 7.16. The first-order valence-electron chi connectivity index (χ1n) is 4.83. The Hall–Kier alpha value is -0.870.